The number of ether oxygens (including phenoxy) is 1. The molecule has 1 heterocycles. The summed E-state index contributed by atoms with van der Waals surface area (Å²) in [7, 11) is 0. The number of Topliss-reactive ketones (excluding diaryl/α,β-unsaturated/α-hetero) is 1. The number of ketones is 1. The van der Waals surface area contributed by atoms with E-state index in [1.165, 1.54) is 24.4 Å². The third-order valence-corrected chi connectivity index (χ3v) is 8.14. The monoisotopic (exact) mass is 562 g/mol. The predicted octanol–water partition coefficient (Wildman–Crippen LogP) is 6.92. The molecule has 1 atom stereocenters. The fourth-order valence-corrected chi connectivity index (χ4v) is 5.82. The lowest BCUT2D eigenvalue weighted by molar-refractivity contribution is -0.118. The highest BCUT2D eigenvalue weighted by molar-refractivity contribution is 7.99. The van der Waals surface area contributed by atoms with Crippen molar-refractivity contribution in [1.29, 1.82) is 0 Å². The van der Waals surface area contributed by atoms with Gasteiger partial charge in [0.15, 0.2) is 0 Å². The van der Waals surface area contributed by atoms with Gasteiger partial charge in [-0.3, -0.25) is 9.59 Å². The summed E-state index contributed by atoms with van der Waals surface area (Å²) in [5, 5.41) is 5.74. The first-order valence-electron chi connectivity index (χ1n) is 14.0. The maximum Gasteiger partial charge on any atom is 0.408 e. The molecule has 3 aromatic rings. The van der Waals surface area contributed by atoms with Gasteiger partial charge in [-0.25, -0.2) is 4.79 Å². The SMILES string of the molecule is O=C(CCc1ccccc1)CSCc1occc1NC(=O)[C@H](CC1CCCCC1)NC(=O)OCc1ccccc1. The van der Waals surface area contributed by atoms with Crippen LogP contribution < -0.4 is 10.6 Å². The zero-order valence-corrected chi connectivity index (χ0v) is 23.6. The van der Waals surface area contributed by atoms with Crippen molar-refractivity contribution in [2.75, 3.05) is 11.1 Å². The van der Waals surface area contributed by atoms with Crippen molar-refractivity contribution in [3.63, 3.8) is 0 Å². The van der Waals surface area contributed by atoms with Crippen LogP contribution in [0.15, 0.2) is 77.4 Å². The van der Waals surface area contributed by atoms with E-state index in [-0.39, 0.29) is 18.3 Å². The number of nitrogens with one attached hydrogen (secondary N) is 2. The molecule has 7 nitrogen and oxygen atoms in total. The molecule has 212 valence electrons. The topological polar surface area (TPSA) is 97.6 Å². The van der Waals surface area contributed by atoms with Gasteiger partial charge in [-0.2, -0.15) is 0 Å². The molecule has 2 N–H and O–H groups in total. The first-order valence-corrected chi connectivity index (χ1v) is 15.2. The Morgan fingerprint density at radius 1 is 0.925 bits per heavy atom. The van der Waals surface area contributed by atoms with E-state index in [1.807, 2.05) is 60.7 Å². The second kappa shape index (κ2) is 15.9. The first-order chi connectivity index (χ1) is 19.6. The van der Waals surface area contributed by atoms with E-state index in [0.29, 0.717) is 41.7 Å². The van der Waals surface area contributed by atoms with Gasteiger partial charge >= 0.3 is 6.09 Å². The van der Waals surface area contributed by atoms with Gasteiger partial charge in [0.2, 0.25) is 5.91 Å². The summed E-state index contributed by atoms with van der Waals surface area (Å²) in [6.07, 6.45) is 8.30. The summed E-state index contributed by atoms with van der Waals surface area (Å²) >= 11 is 1.46. The average Bonchev–Trinajstić information content (AvgIpc) is 3.42. The predicted molar refractivity (Wildman–Crippen MR) is 158 cm³/mol. The molecule has 1 saturated carbocycles. The van der Waals surface area contributed by atoms with Gasteiger partial charge in [-0.05, 0) is 29.9 Å². The molecule has 1 aromatic heterocycles. The Labute approximate surface area is 240 Å². The fourth-order valence-electron chi connectivity index (χ4n) is 4.94. The van der Waals surface area contributed by atoms with E-state index < -0.39 is 12.1 Å². The number of carbonyl (C=O) groups is 3. The van der Waals surface area contributed by atoms with Crippen molar-refractivity contribution < 1.29 is 23.5 Å². The van der Waals surface area contributed by atoms with Crippen LogP contribution in [0.25, 0.3) is 0 Å². The van der Waals surface area contributed by atoms with Crippen LogP contribution in [0.3, 0.4) is 0 Å². The van der Waals surface area contributed by atoms with Crippen molar-refractivity contribution in [3.8, 4) is 0 Å². The molecule has 2 amide bonds. The van der Waals surface area contributed by atoms with Gasteiger partial charge in [0.25, 0.3) is 0 Å². The smallest absolute Gasteiger partial charge is 0.408 e. The Morgan fingerprint density at radius 3 is 2.35 bits per heavy atom. The van der Waals surface area contributed by atoms with Crippen LogP contribution in [-0.2, 0) is 33.1 Å². The molecule has 0 bridgehead atoms. The van der Waals surface area contributed by atoms with Crippen molar-refractivity contribution in [2.45, 2.75) is 69.8 Å². The van der Waals surface area contributed by atoms with Crippen LogP contribution >= 0.6 is 11.8 Å². The van der Waals surface area contributed by atoms with Gasteiger partial charge in [0, 0.05) is 12.5 Å². The molecule has 2 aromatic carbocycles. The van der Waals surface area contributed by atoms with Crippen molar-refractivity contribution in [2.24, 2.45) is 5.92 Å². The molecule has 40 heavy (non-hydrogen) atoms. The number of thioether (sulfide) groups is 1. The van der Waals surface area contributed by atoms with Crippen LogP contribution in [0.1, 0.15) is 61.8 Å². The molecule has 1 fully saturated rings. The number of alkyl carbamates (subject to hydrolysis) is 1. The zero-order valence-electron chi connectivity index (χ0n) is 22.8. The lowest BCUT2D eigenvalue weighted by Crippen LogP contribution is -2.45. The van der Waals surface area contributed by atoms with E-state index in [4.69, 9.17) is 9.15 Å². The lowest BCUT2D eigenvalue weighted by atomic mass is 9.84. The molecular weight excluding hydrogens is 524 g/mol. The number of anilines is 1. The second-order valence-electron chi connectivity index (χ2n) is 10.3. The van der Waals surface area contributed by atoms with E-state index in [2.05, 4.69) is 10.6 Å². The fraction of sp³-hybridized carbons (Fsp3) is 0.406. The largest absolute Gasteiger partial charge is 0.466 e. The molecule has 4 rings (SSSR count). The Kier molecular flexibility index (Phi) is 11.7. The molecule has 1 aliphatic rings. The zero-order chi connectivity index (χ0) is 28.0. The number of amides is 2. The Balaban J connectivity index is 1.28. The van der Waals surface area contributed by atoms with E-state index in [1.54, 1.807) is 6.07 Å². The molecule has 0 radical (unpaired) electrons. The third-order valence-electron chi connectivity index (χ3n) is 7.15. The molecular formula is C32H38N2O5S. The van der Waals surface area contributed by atoms with Crippen LogP contribution in [-0.4, -0.2) is 29.6 Å². The van der Waals surface area contributed by atoms with Crippen molar-refractivity contribution >= 4 is 35.2 Å². The van der Waals surface area contributed by atoms with Gasteiger partial charge in [-0.1, -0.05) is 92.8 Å². The first kappa shape index (κ1) is 29.5. The van der Waals surface area contributed by atoms with Gasteiger partial charge in [0.1, 0.15) is 24.2 Å². The Morgan fingerprint density at radius 2 is 1.62 bits per heavy atom. The van der Waals surface area contributed by atoms with Gasteiger partial charge in [-0.15, -0.1) is 11.8 Å². The van der Waals surface area contributed by atoms with Gasteiger partial charge in [0.05, 0.1) is 23.5 Å². The number of carbonyl (C=O) groups excluding carboxylic acids is 3. The third kappa shape index (κ3) is 9.90. The average molecular weight is 563 g/mol. The number of aryl methyl sites for hydroxylation is 1. The minimum absolute atomic E-state index is 0.137. The summed E-state index contributed by atoms with van der Waals surface area (Å²) < 4.78 is 11.0. The number of hydrogen-bond acceptors (Lipinski definition) is 6. The summed E-state index contributed by atoms with van der Waals surface area (Å²) in [5.74, 6) is 1.68. The number of benzene rings is 2. The van der Waals surface area contributed by atoms with Crippen LogP contribution in [0.2, 0.25) is 0 Å². The van der Waals surface area contributed by atoms with Crippen LogP contribution in [0, 0.1) is 5.92 Å². The standard InChI is InChI=1S/C32H38N2O5S/c35-27(17-16-24-10-4-1-5-11-24)22-40-23-30-28(18-19-38-30)33-31(36)29(20-25-12-6-2-7-13-25)34-32(37)39-21-26-14-8-3-9-15-26/h1,3-5,8-11,14-15,18-19,25,29H,2,6-7,12-13,16-17,20-23H2,(H,33,36)(H,34,37)/t29-/m0/s1. The maximum absolute atomic E-state index is 13.4. The normalized spacial score (nSPS) is 14.3. The molecule has 0 unspecified atom stereocenters. The maximum atomic E-state index is 13.4. The number of hydrogen-bond donors (Lipinski definition) is 2. The highest BCUT2D eigenvalue weighted by atomic mass is 32.2. The molecule has 0 spiro atoms. The molecule has 0 saturated heterocycles. The summed E-state index contributed by atoms with van der Waals surface area (Å²) in [6, 6.07) is 20.4. The Hall–Kier alpha value is -3.52. The van der Waals surface area contributed by atoms with Crippen molar-refractivity contribution in [1.82, 2.24) is 5.32 Å². The number of furan rings is 1. The van der Waals surface area contributed by atoms with E-state index >= 15 is 0 Å². The number of rotatable bonds is 14. The quantitative estimate of drug-likeness (QED) is 0.221. The van der Waals surface area contributed by atoms with E-state index in [0.717, 1.165) is 43.2 Å². The minimum atomic E-state index is -0.721. The van der Waals surface area contributed by atoms with Crippen molar-refractivity contribution in [3.05, 3.63) is 89.9 Å². The second-order valence-corrected chi connectivity index (χ2v) is 11.2. The summed E-state index contributed by atoms with van der Waals surface area (Å²) in [5.41, 5.74) is 2.59. The Bertz CT molecular complexity index is 1210. The molecule has 0 aliphatic heterocycles. The summed E-state index contributed by atoms with van der Waals surface area (Å²) in [6.45, 7) is 0.137. The van der Waals surface area contributed by atoms with E-state index in [9.17, 15) is 14.4 Å². The summed E-state index contributed by atoms with van der Waals surface area (Å²) in [4.78, 5) is 38.3. The van der Waals surface area contributed by atoms with Crippen LogP contribution in [0.4, 0.5) is 10.5 Å². The lowest BCUT2D eigenvalue weighted by Gasteiger charge is -2.26. The minimum Gasteiger partial charge on any atom is -0.466 e. The van der Waals surface area contributed by atoms with Crippen LogP contribution in [0.5, 0.6) is 0 Å². The molecule has 1 aliphatic carbocycles. The van der Waals surface area contributed by atoms with Gasteiger partial charge < -0.3 is 19.8 Å². The highest BCUT2D eigenvalue weighted by Gasteiger charge is 2.27. The molecule has 8 heteroatoms. The highest BCUT2D eigenvalue weighted by Crippen LogP contribution is 2.28.